The molecule has 108 valence electrons. The summed E-state index contributed by atoms with van der Waals surface area (Å²) in [6.45, 7) is 1.86. The highest BCUT2D eigenvalue weighted by Crippen LogP contribution is 2.33. The average Bonchev–Trinajstić information content (AvgIpc) is 2.84. The van der Waals surface area contributed by atoms with Gasteiger partial charge in [0, 0.05) is 16.5 Å². The minimum absolute atomic E-state index is 0.107. The summed E-state index contributed by atoms with van der Waals surface area (Å²) in [5.74, 6) is -0.242. The number of nitrogens with two attached hydrogens (primary N) is 1. The van der Waals surface area contributed by atoms with E-state index in [0.29, 0.717) is 17.2 Å². The van der Waals surface area contributed by atoms with E-state index in [2.05, 4.69) is 4.98 Å². The zero-order chi connectivity index (χ0) is 14.8. The van der Waals surface area contributed by atoms with Crippen molar-refractivity contribution in [3.8, 4) is 0 Å². The lowest BCUT2D eigenvalue weighted by molar-refractivity contribution is 0.489. The van der Waals surface area contributed by atoms with Gasteiger partial charge in [0.25, 0.3) is 5.22 Å². The molecular weight excluding hydrogens is 287 g/mol. The normalized spacial score (nSPS) is 12.7. The SMILES string of the molecule is CC(N)Cc1c(F)cccc1Sc1nc2ccccc2o1. The first-order valence-corrected chi connectivity index (χ1v) is 7.51. The highest BCUT2D eigenvalue weighted by atomic mass is 32.2. The number of hydrogen-bond acceptors (Lipinski definition) is 4. The van der Waals surface area contributed by atoms with E-state index in [1.807, 2.05) is 37.3 Å². The maximum Gasteiger partial charge on any atom is 0.261 e. The molecule has 21 heavy (non-hydrogen) atoms. The second-order valence-corrected chi connectivity index (χ2v) is 5.94. The van der Waals surface area contributed by atoms with Crippen LogP contribution in [0.2, 0.25) is 0 Å². The molecule has 0 bridgehead atoms. The molecule has 0 radical (unpaired) electrons. The van der Waals surface area contributed by atoms with Crippen LogP contribution >= 0.6 is 11.8 Å². The van der Waals surface area contributed by atoms with Crippen LogP contribution in [0.3, 0.4) is 0 Å². The summed E-state index contributed by atoms with van der Waals surface area (Å²) < 4.78 is 19.7. The van der Waals surface area contributed by atoms with Crippen LogP contribution in [0.25, 0.3) is 11.1 Å². The van der Waals surface area contributed by atoms with E-state index in [-0.39, 0.29) is 11.9 Å². The Labute approximate surface area is 126 Å². The molecular formula is C16H15FN2OS. The number of rotatable bonds is 4. The van der Waals surface area contributed by atoms with Gasteiger partial charge in [0.1, 0.15) is 11.3 Å². The molecule has 3 aromatic rings. The molecule has 5 heteroatoms. The number of benzene rings is 2. The minimum Gasteiger partial charge on any atom is -0.431 e. The fourth-order valence-electron chi connectivity index (χ4n) is 2.14. The molecule has 1 unspecified atom stereocenters. The van der Waals surface area contributed by atoms with Gasteiger partial charge in [-0.25, -0.2) is 9.37 Å². The predicted octanol–water partition coefficient (Wildman–Crippen LogP) is 4.01. The summed E-state index contributed by atoms with van der Waals surface area (Å²) in [4.78, 5) is 5.19. The molecule has 0 aliphatic carbocycles. The number of nitrogens with zero attached hydrogens (tertiary/aromatic N) is 1. The lowest BCUT2D eigenvalue weighted by atomic mass is 10.1. The largest absolute Gasteiger partial charge is 0.431 e. The van der Waals surface area contributed by atoms with Crippen molar-refractivity contribution < 1.29 is 8.81 Å². The summed E-state index contributed by atoms with van der Waals surface area (Å²) in [6.07, 6.45) is 0.481. The molecule has 0 saturated heterocycles. The van der Waals surface area contributed by atoms with E-state index in [0.717, 1.165) is 16.0 Å². The van der Waals surface area contributed by atoms with Gasteiger partial charge in [-0.15, -0.1) is 0 Å². The van der Waals surface area contributed by atoms with Crippen molar-refractivity contribution in [1.82, 2.24) is 4.98 Å². The first kappa shape index (κ1) is 14.1. The van der Waals surface area contributed by atoms with Gasteiger partial charge in [-0.1, -0.05) is 18.2 Å². The molecule has 3 nitrogen and oxygen atoms in total. The third kappa shape index (κ3) is 3.09. The van der Waals surface area contributed by atoms with Gasteiger partial charge in [-0.3, -0.25) is 0 Å². The summed E-state index contributed by atoms with van der Waals surface area (Å²) in [7, 11) is 0. The Morgan fingerprint density at radius 1 is 1.24 bits per heavy atom. The Bertz CT molecular complexity index is 737. The molecule has 1 heterocycles. The first-order chi connectivity index (χ1) is 10.1. The zero-order valence-corrected chi connectivity index (χ0v) is 12.4. The predicted molar refractivity (Wildman–Crippen MR) is 81.9 cm³/mol. The molecule has 1 atom stereocenters. The maximum absolute atomic E-state index is 14.0. The maximum atomic E-state index is 14.0. The van der Waals surface area contributed by atoms with Crippen LogP contribution in [0, 0.1) is 5.82 Å². The Balaban J connectivity index is 1.95. The number of hydrogen-bond donors (Lipinski definition) is 1. The van der Waals surface area contributed by atoms with Gasteiger partial charge in [-0.2, -0.15) is 0 Å². The summed E-state index contributed by atoms with van der Waals surface area (Å²) in [5, 5.41) is 0.507. The van der Waals surface area contributed by atoms with Crippen LogP contribution in [0.5, 0.6) is 0 Å². The van der Waals surface area contributed by atoms with Gasteiger partial charge >= 0.3 is 0 Å². The highest BCUT2D eigenvalue weighted by molar-refractivity contribution is 7.99. The molecule has 3 rings (SSSR count). The van der Waals surface area contributed by atoms with Gasteiger partial charge in [0.2, 0.25) is 0 Å². The van der Waals surface area contributed by atoms with E-state index in [9.17, 15) is 4.39 Å². The summed E-state index contributed by atoms with van der Waals surface area (Å²) in [5.41, 5.74) is 7.94. The van der Waals surface area contributed by atoms with Crippen LogP contribution in [-0.2, 0) is 6.42 Å². The summed E-state index contributed by atoms with van der Waals surface area (Å²) >= 11 is 1.32. The van der Waals surface area contributed by atoms with Crippen molar-refractivity contribution in [2.24, 2.45) is 5.73 Å². The Morgan fingerprint density at radius 3 is 2.81 bits per heavy atom. The van der Waals surface area contributed by atoms with Crippen molar-refractivity contribution in [1.29, 1.82) is 0 Å². The van der Waals surface area contributed by atoms with Crippen molar-refractivity contribution in [2.45, 2.75) is 29.5 Å². The number of para-hydroxylation sites is 2. The van der Waals surface area contributed by atoms with Crippen LogP contribution in [0.1, 0.15) is 12.5 Å². The zero-order valence-electron chi connectivity index (χ0n) is 11.5. The molecule has 0 spiro atoms. The van der Waals surface area contributed by atoms with E-state index in [1.165, 1.54) is 17.8 Å². The summed E-state index contributed by atoms with van der Waals surface area (Å²) in [6, 6.07) is 12.4. The van der Waals surface area contributed by atoms with Crippen LogP contribution in [0.15, 0.2) is 57.0 Å². The number of halogens is 1. The smallest absolute Gasteiger partial charge is 0.261 e. The monoisotopic (exact) mass is 302 g/mol. The van der Waals surface area contributed by atoms with E-state index < -0.39 is 0 Å². The van der Waals surface area contributed by atoms with E-state index in [1.54, 1.807) is 6.07 Å². The van der Waals surface area contributed by atoms with Crippen LogP contribution in [-0.4, -0.2) is 11.0 Å². The molecule has 0 fully saturated rings. The van der Waals surface area contributed by atoms with Crippen LogP contribution in [0.4, 0.5) is 4.39 Å². The molecule has 2 aromatic carbocycles. The standard InChI is InChI=1S/C16H15FN2OS/c1-10(18)9-11-12(17)5-4-8-15(11)21-16-19-13-6-2-3-7-14(13)20-16/h2-8,10H,9,18H2,1H3. The quantitative estimate of drug-likeness (QED) is 0.791. The van der Waals surface area contributed by atoms with Gasteiger partial charge in [0.05, 0.1) is 0 Å². The number of aromatic nitrogens is 1. The van der Waals surface area contributed by atoms with Gasteiger partial charge < -0.3 is 10.2 Å². The van der Waals surface area contributed by atoms with E-state index >= 15 is 0 Å². The third-order valence-corrected chi connectivity index (χ3v) is 4.03. The van der Waals surface area contributed by atoms with Crippen LogP contribution < -0.4 is 5.73 Å². The van der Waals surface area contributed by atoms with Gasteiger partial charge in [-0.05, 0) is 49.4 Å². The van der Waals surface area contributed by atoms with Crippen molar-refractivity contribution in [3.63, 3.8) is 0 Å². The van der Waals surface area contributed by atoms with Gasteiger partial charge in [0.15, 0.2) is 5.58 Å². The molecule has 0 aliphatic heterocycles. The fourth-order valence-corrected chi connectivity index (χ4v) is 3.06. The molecule has 0 saturated carbocycles. The van der Waals surface area contributed by atoms with E-state index in [4.69, 9.17) is 10.2 Å². The molecule has 0 aliphatic rings. The Kier molecular flexibility index (Phi) is 3.94. The fraction of sp³-hybridized carbons (Fsp3) is 0.188. The Hall–Kier alpha value is -1.85. The molecule has 0 amide bonds. The molecule has 1 aromatic heterocycles. The second kappa shape index (κ2) is 5.87. The average molecular weight is 302 g/mol. The van der Waals surface area contributed by atoms with Crippen molar-refractivity contribution in [3.05, 3.63) is 53.8 Å². The number of fused-ring (bicyclic) bond motifs is 1. The third-order valence-electron chi connectivity index (χ3n) is 3.07. The van der Waals surface area contributed by atoms with Crippen molar-refractivity contribution in [2.75, 3.05) is 0 Å². The van der Waals surface area contributed by atoms with Crippen molar-refractivity contribution >= 4 is 22.9 Å². The topological polar surface area (TPSA) is 52.0 Å². The first-order valence-electron chi connectivity index (χ1n) is 6.70. The number of oxazole rings is 1. The lowest BCUT2D eigenvalue weighted by Gasteiger charge is -2.10. The highest BCUT2D eigenvalue weighted by Gasteiger charge is 2.14. The Morgan fingerprint density at radius 2 is 2.05 bits per heavy atom. The minimum atomic E-state index is -0.242. The lowest BCUT2D eigenvalue weighted by Crippen LogP contribution is -2.19. The molecule has 2 N–H and O–H groups in total. The second-order valence-electron chi connectivity index (χ2n) is 4.95.